The number of aliphatic hydroxyl groups excluding tert-OH is 2. The van der Waals surface area contributed by atoms with Crippen molar-refractivity contribution in [1.29, 1.82) is 0 Å². The molecule has 204 valence electrons. The predicted octanol–water partition coefficient (Wildman–Crippen LogP) is 2.01. The summed E-state index contributed by atoms with van der Waals surface area (Å²) in [6, 6.07) is 10.1. The SMILES string of the molecule is CO[C@H](/C(=N/OCC(=O)N[C@@H](Cc1c[nH]c2ccccc12)C(=O)Nc1ccncc1)C(O)C(C)O)C(C)C. The summed E-state index contributed by atoms with van der Waals surface area (Å²) >= 11 is 0. The number of aromatic nitrogens is 2. The van der Waals surface area contributed by atoms with Crippen LogP contribution in [0.4, 0.5) is 5.69 Å². The van der Waals surface area contributed by atoms with Crippen LogP contribution in [0.2, 0.25) is 0 Å². The Bertz CT molecular complexity index is 1230. The number of hydrogen-bond donors (Lipinski definition) is 5. The zero-order valence-corrected chi connectivity index (χ0v) is 21.9. The minimum Gasteiger partial charge on any atom is -0.390 e. The number of pyridine rings is 1. The normalized spacial score (nSPS) is 15.1. The third kappa shape index (κ3) is 7.60. The van der Waals surface area contributed by atoms with Gasteiger partial charge in [-0.3, -0.25) is 14.6 Å². The Kier molecular flexibility index (Phi) is 10.3. The fraction of sp³-hybridized carbons (Fsp3) is 0.407. The molecule has 2 heterocycles. The van der Waals surface area contributed by atoms with Gasteiger partial charge in [-0.15, -0.1) is 0 Å². The highest BCUT2D eigenvalue weighted by molar-refractivity contribution is 5.98. The number of fused-ring (bicyclic) bond motifs is 1. The number of nitrogens with zero attached hydrogens (tertiary/aromatic N) is 2. The number of rotatable bonds is 13. The van der Waals surface area contributed by atoms with Crippen LogP contribution in [0.1, 0.15) is 26.3 Å². The Morgan fingerprint density at radius 2 is 1.82 bits per heavy atom. The number of aliphatic hydroxyl groups is 2. The number of ether oxygens (including phenoxy) is 1. The maximum atomic E-state index is 13.2. The van der Waals surface area contributed by atoms with Gasteiger partial charge in [0.1, 0.15) is 24.0 Å². The van der Waals surface area contributed by atoms with Crippen LogP contribution < -0.4 is 10.6 Å². The second-order valence-corrected chi connectivity index (χ2v) is 9.28. The highest BCUT2D eigenvalue weighted by Crippen LogP contribution is 2.20. The smallest absolute Gasteiger partial charge is 0.261 e. The average molecular weight is 526 g/mol. The van der Waals surface area contributed by atoms with Crippen LogP contribution in [0.15, 0.2) is 60.1 Å². The van der Waals surface area contributed by atoms with E-state index in [-0.39, 0.29) is 18.1 Å². The van der Waals surface area contributed by atoms with Gasteiger partial charge >= 0.3 is 0 Å². The molecule has 2 unspecified atom stereocenters. The molecule has 0 aliphatic rings. The fourth-order valence-electron chi connectivity index (χ4n) is 4.05. The molecule has 0 fully saturated rings. The summed E-state index contributed by atoms with van der Waals surface area (Å²) in [7, 11) is 1.46. The van der Waals surface area contributed by atoms with Crippen molar-refractivity contribution in [2.24, 2.45) is 11.1 Å². The number of carbonyl (C=O) groups excluding carboxylic acids is 2. The zero-order valence-electron chi connectivity index (χ0n) is 21.9. The summed E-state index contributed by atoms with van der Waals surface area (Å²) in [5.41, 5.74) is 2.38. The molecule has 2 aromatic heterocycles. The van der Waals surface area contributed by atoms with Crippen LogP contribution in [-0.4, -0.2) is 75.8 Å². The predicted molar refractivity (Wildman–Crippen MR) is 144 cm³/mol. The molecule has 3 rings (SSSR count). The van der Waals surface area contributed by atoms with E-state index in [0.717, 1.165) is 16.5 Å². The summed E-state index contributed by atoms with van der Waals surface area (Å²) in [6.45, 7) is 4.62. The number of anilines is 1. The van der Waals surface area contributed by atoms with Gasteiger partial charge in [-0.25, -0.2) is 0 Å². The van der Waals surface area contributed by atoms with Gasteiger partial charge in [-0.1, -0.05) is 37.2 Å². The summed E-state index contributed by atoms with van der Waals surface area (Å²) in [4.78, 5) is 38.3. The van der Waals surface area contributed by atoms with Crippen molar-refractivity contribution in [3.8, 4) is 0 Å². The van der Waals surface area contributed by atoms with Crippen LogP contribution in [-0.2, 0) is 25.6 Å². The molecular weight excluding hydrogens is 490 g/mol. The number of oxime groups is 1. The van der Waals surface area contributed by atoms with E-state index in [1.165, 1.54) is 14.0 Å². The lowest BCUT2D eigenvalue weighted by atomic mass is 9.96. The highest BCUT2D eigenvalue weighted by atomic mass is 16.6. The Morgan fingerprint density at radius 3 is 2.47 bits per heavy atom. The molecular formula is C27H35N5O6. The number of amides is 2. The molecule has 11 heteroatoms. The molecule has 2 amide bonds. The molecule has 5 N–H and O–H groups in total. The second-order valence-electron chi connectivity index (χ2n) is 9.28. The molecule has 0 saturated carbocycles. The van der Waals surface area contributed by atoms with Crippen molar-refractivity contribution >= 4 is 34.1 Å². The Morgan fingerprint density at radius 1 is 1.11 bits per heavy atom. The number of carbonyl (C=O) groups is 2. The maximum absolute atomic E-state index is 13.2. The zero-order chi connectivity index (χ0) is 27.7. The van der Waals surface area contributed by atoms with E-state index in [4.69, 9.17) is 9.57 Å². The van der Waals surface area contributed by atoms with Gasteiger partial charge in [0, 0.05) is 48.7 Å². The maximum Gasteiger partial charge on any atom is 0.261 e. The highest BCUT2D eigenvalue weighted by Gasteiger charge is 2.30. The van der Waals surface area contributed by atoms with Gasteiger partial charge in [0.25, 0.3) is 5.91 Å². The van der Waals surface area contributed by atoms with E-state index in [0.29, 0.717) is 5.69 Å². The van der Waals surface area contributed by atoms with E-state index < -0.39 is 42.8 Å². The quantitative estimate of drug-likeness (QED) is 0.169. The standard InChI is InChI=1S/C27H35N5O6/c1-16(2)26(37-4)24(25(35)17(3)33)32-38-15-23(34)31-22(27(36)30-19-9-11-28-12-10-19)13-18-14-29-21-8-6-5-7-20(18)21/h5-12,14,16-17,22,25-26,29,33,35H,13,15H2,1-4H3,(H,31,34)(H,28,30,36)/b32-24+/t17?,22-,25?,26-/m0/s1. The molecule has 38 heavy (non-hydrogen) atoms. The minimum absolute atomic E-state index is 0.0658. The molecule has 0 bridgehead atoms. The third-order valence-electron chi connectivity index (χ3n) is 5.98. The number of aromatic amines is 1. The topological polar surface area (TPSA) is 158 Å². The van der Waals surface area contributed by atoms with Crippen molar-refractivity contribution in [2.75, 3.05) is 19.0 Å². The van der Waals surface area contributed by atoms with Crippen molar-refractivity contribution in [3.63, 3.8) is 0 Å². The van der Waals surface area contributed by atoms with E-state index >= 15 is 0 Å². The van der Waals surface area contributed by atoms with Crippen molar-refractivity contribution in [2.45, 2.75) is 51.5 Å². The van der Waals surface area contributed by atoms with Gasteiger partial charge < -0.3 is 35.4 Å². The Labute approximate surface area is 221 Å². The van der Waals surface area contributed by atoms with Crippen LogP contribution in [0, 0.1) is 5.92 Å². The number of H-pyrrole nitrogens is 1. The molecule has 0 aliphatic carbocycles. The molecule has 3 aromatic rings. The average Bonchev–Trinajstić information content (AvgIpc) is 3.30. The number of nitrogens with one attached hydrogen (secondary N) is 3. The van der Waals surface area contributed by atoms with Gasteiger partial charge in [-0.05, 0) is 36.6 Å². The number of methoxy groups -OCH3 is 1. The van der Waals surface area contributed by atoms with E-state index in [9.17, 15) is 19.8 Å². The second kappa shape index (κ2) is 13.7. The molecule has 0 aliphatic heterocycles. The largest absolute Gasteiger partial charge is 0.390 e. The molecule has 0 radical (unpaired) electrons. The molecule has 4 atom stereocenters. The third-order valence-corrected chi connectivity index (χ3v) is 5.98. The lowest BCUT2D eigenvalue weighted by molar-refractivity contribution is -0.129. The van der Waals surface area contributed by atoms with Crippen molar-refractivity contribution < 1.29 is 29.4 Å². The number of para-hydroxylation sites is 1. The Balaban J connectivity index is 1.75. The van der Waals surface area contributed by atoms with Crippen molar-refractivity contribution in [3.05, 3.63) is 60.6 Å². The minimum atomic E-state index is -1.34. The Hall–Kier alpha value is -3.80. The van der Waals surface area contributed by atoms with E-state index in [1.807, 2.05) is 44.3 Å². The lowest BCUT2D eigenvalue weighted by Crippen LogP contribution is -2.46. The molecule has 1 aromatic carbocycles. The first-order chi connectivity index (χ1) is 18.2. The number of hydrogen-bond acceptors (Lipinski definition) is 8. The van der Waals surface area contributed by atoms with Gasteiger partial charge in [0.15, 0.2) is 6.61 Å². The van der Waals surface area contributed by atoms with Crippen LogP contribution in [0.3, 0.4) is 0 Å². The molecule has 0 spiro atoms. The van der Waals surface area contributed by atoms with E-state index in [2.05, 4.69) is 25.8 Å². The first-order valence-corrected chi connectivity index (χ1v) is 12.3. The van der Waals surface area contributed by atoms with Crippen LogP contribution >= 0.6 is 0 Å². The summed E-state index contributed by atoms with van der Waals surface area (Å²) in [5, 5.41) is 30.6. The van der Waals surface area contributed by atoms with Crippen LogP contribution in [0.5, 0.6) is 0 Å². The molecule has 0 saturated heterocycles. The monoisotopic (exact) mass is 525 g/mol. The van der Waals surface area contributed by atoms with Gasteiger partial charge in [0.2, 0.25) is 5.91 Å². The van der Waals surface area contributed by atoms with Crippen molar-refractivity contribution in [1.82, 2.24) is 15.3 Å². The van der Waals surface area contributed by atoms with E-state index in [1.54, 1.807) is 24.5 Å². The van der Waals surface area contributed by atoms with Gasteiger partial charge in [-0.2, -0.15) is 0 Å². The van der Waals surface area contributed by atoms with Crippen LogP contribution in [0.25, 0.3) is 10.9 Å². The first kappa shape index (κ1) is 28.8. The fourth-order valence-corrected chi connectivity index (χ4v) is 4.05. The molecule has 11 nitrogen and oxygen atoms in total. The summed E-state index contributed by atoms with van der Waals surface area (Å²) in [5.74, 6) is -1.09. The summed E-state index contributed by atoms with van der Waals surface area (Å²) in [6.07, 6.45) is 2.04. The first-order valence-electron chi connectivity index (χ1n) is 12.3. The number of benzene rings is 1. The lowest BCUT2D eigenvalue weighted by Gasteiger charge is -2.25. The van der Waals surface area contributed by atoms with Gasteiger partial charge in [0.05, 0.1) is 6.10 Å². The summed E-state index contributed by atoms with van der Waals surface area (Å²) < 4.78 is 5.41.